The zero-order chi connectivity index (χ0) is 25.6. The highest BCUT2D eigenvalue weighted by Gasteiger charge is 2.46. The molecule has 10 heteroatoms. The van der Waals surface area contributed by atoms with Gasteiger partial charge >= 0.3 is 0 Å². The SMILES string of the molecule is C=CC(=O)N1CC2(CCN(c3nc(N4CCOCC4)nc(-c4c(C)ccc5[nH]ncc45)c3C#N)CC2)C1. The number of H-pyrrole nitrogens is 1. The van der Waals surface area contributed by atoms with Crippen molar-refractivity contribution in [3.63, 3.8) is 0 Å². The fourth-order valence-corrected chi connectivity index (χ4v) is 5.85. The van der Waals surface area contributed by atoms with Gasteiger partial charge in [-0.05, 0) is 37.5 Å². The zero-order valence-corrected chi connectivity index (χ0v) is 21.0. The molecular weight excluding hydrogens is 468 g/mol. The number of ether oxygens (including phenoxy) is 1. The number of carbonyl (C=O) groups is 1. The molecule has 6 rings (SSSR count). The number of piperidine rings is 1. The molecule has 0 radical (unpaired) electrons. The minimum Gasteiger partial charge on any atom is -0.378 e. The van der Waals surface area contributed by atoms with Gasteiger partial charge in [-0.3, -0.25) is 9.89 Å². The lowest BCUT2D eigenvalue weighted by atomic mass is 9.72. The number of aromatic nitrogens is 4. The number of rotatable bonds is 4. The van der Waals surface area contributed by atoms with E-state index in [9.17, 15) is 10.1 Å². The Hall–Kier alpha value is -3.97. The van der Waals surface area contributed by atoms with Crippen molar-refractivity contribution in [1.29, 1.82) is 5.26 Å². The molecule has 1 N–H and O–H groups in total. The van der Waals surface area contributed by atoms with Crippen molar-refractivity contribution in [3.8, 4) is 17.3 Å². The summed E-state index contributed by atoms with van der Waals surface area (Å²) < 4.78 is 5.56. The summed E-state index contributed by atoms with van der Waals surface area (Å²) in [6, 6.07) is 6.48. The molecule has 190 valence electrons. The highest BCUT2D eigenvalue weighted by atomic mass is 16.5. The molecule has 37 heavy (non-hydrogen) atoms. The van der Waals surface area contributed by atoms with Crippen LogP contribution in [0, 0.1) is 23.7 Å². The lowest BCUT2D eigenvalue weighted by molar-refractivity contribution is -0.139. The van der Waals surface area contributed by atoms with Gasteiger partial charge in [0.25, 0.3) is 0 Å². The van der Waals surface area contributed by atoms with Gasteiger partial charge in [-0.15, -0.1) is 0 Å². The van der Waals surface area contributed by atoms with Crippen LogP contribution in [0.2, 0.25) is 0 Å². The van der Waals surface area contributed by atoms with Gasteiger partial charge in [0, 0.05) is 55.6 Å². The summed E-state index contributed by atoms with van der Waals surface area (Å²) in [7, 11) is 0. The second-order valence-corrected chi connectivity index (χ2v) is 10.3. The average Bonchev–Trinajstić information content (AvgIpc) is 3.40. The molecule has 3 saturated heterocycles. The molecule has 0 saturated carbocycles. The first-order valence-corrected chi connectivity index (χ1v) is 12.8. The van der Waals surface area contributed by atoms with E-state index in [1.54, 1.807) is 6.20 Å². The molecule has 1 aromatic carbocycles. The molecular formula is C27H30N8O2. The zero-order valence-electron chi connectivity index (χ0n) is 21.0. The van der Waals surface area contributed by atoms with E-state index in [1.165, 1.54) is 6.08 Å². The number of nitrogens with zero attached hydrogens (tertiary/aromatic N) is 7. The molecule has 3 aliphatic heterocycles. The minimum absolute atomic E-state index is 0.000733. The van der Waals surface area contributed by atoms with E-state index in [1.807, 2.05) is 24.0 Å². The third kappa shape index (κ3) is 4.00. The Morgan fingerprint density at radius 3 is 2.62 bits per heavy atom. The first kappa shape index (κ1) is 23.4. The van der Waals surface area contributed by atoms with Crippen LogP contribution in [0.4, 0.5) is 11.8 Å². The van der Waals surface area contributed by atoms with Gasteiger partial charge in [-0.1, -0.05) is 12.6 Å². The number of aryl methyl sites for hydroxylation is 1. The Bertz CT molecular complexity index is 1400. The summed E-state index contributed by atoms with van der Waals surface area (Å²) in [5.74, 6) is 1.31. The second-order valence-electron chi connectivity index (χ2n) is 10.3. The number of morpholine rings is 1. The van der Waals surface area contributed by atoms with E-state index in [2.05, 4.69) is 32.6 Å². The number of carbonyl (C=O) groups excluding carboxylic acids is 1. The number of nitrogens with one attached hydrogen (secondary N) is 1. The lowest BCUT2D eigenvalue weighted by Gasteiger charge is -2.54. The fourth-order valence-electron chi connectivity index (χ4n) is 5.85. The third-order valence-corrected chi connectivity index (χ3v) is 8.02. The van der Waals surface area contributed by atoms with Crippen LogP contribution in [0.1, 0.15) is 24.0 Å². The van der Waals surface area contributed by atoms with Crippen LogP contribution in [-0.4, -0.2) is 83.5 Å². The molecule has 3 aliphatic rings. The van der Waals surface area contributed by atoms with Gasteiger partial charge in [0.15, 0.2) is 5.82 Å². The maximum absolute atomic E-state index is 12.0. The van der Waals surface area contributed by atoms with Crippen LogP contribution >= 0.6 is 0 Å². The van der Waals surface area contributed by atoms with Crippen molar-refractivity contribution >= 4 is 28.6 Å². The summed E-state index contributed by atoms with van der Waals surface area (Å²) in [6.07, 6.45) is 5.08. The van der Waals surface area contributed by atoms with E-state index in [0.717, 1.165) is 61.1 Å². The number of hydrogen-bond donors (Lipinski definition) is 1. The Labute approximate surface area is 215 Å². The number of nitriles is 1. The van der Waals surface area contributed by atoms with E-state index < -0.39 is 0 Å². The van der Waals surface area contributed by atoms with E-state index >= 15 is 0 Å². The standard InChI is InChI=1S/C27H30N8O2/c1-3-22(36)35-16-27(17-35)6-8-33(9-7-27)25-19(14-28)24(30-26(31-25)34-10-12-37-13-11-34)23-18(2)4-5-21-20(23)15-29-32-21/h3-5,15H,1,6-13,16-17H2,2H3,(H,29,32). The van der Waals surface area contributed by atoms with Crippen molar-refractivity contribution in [2.24, 2.45) is 5.41 Å². The maximum Gasteiger partial charge on any atom is 0.245 e. The average molecular weight is 499 g/mol. The van der Waals surface area contributed by atoms with Crippen LogP contribution in [0.25, 0.3) is 22.2 Å². The summed E-state index contributed by atoms with van der Waals surface area (Å²) in [4.78, 5) is 28.2. The number of fused-ring (bicyclic) bond motifs is 1. The molecule has 0 atom stereocenters. The van der Waals surface area contributed by atoms with E-state index in [0.29, 0.717) is 49.3 Å². The largest absolute Gasteiger partial charge is 0.378 e. The van der Waals surface area contributed by atoms with E-state index in [4.69, 9.17) is 14.7 Å². The van der Waals surface area contributed by atoms with Crippen molar-refractivity contribution < 1.29 is 9.53 Å². The molecule has 0 bridgehead atoms. The Morgan fingerprint density at radius 2 is 1.92 bits per heavy atom. The molecule has 1 amide bonds. The number of hydrogen-bond acceptors (Lipinski definition) is 8. The number of aromatic amines is 1. The van der Waals surface area contributed by atoms with Crippen LogP contribution in [0.15, 0.2) is 31.0 Å². The Morgan fingerprint density at radius 1 is 1.16 bits per heavy atom. The monoisotopic (exact) mass is 498 g/mol. The molecule has 3 aromatic rings. The van der Waals surface area contributed by atoms with Crippen molar-refractivity contribution in [1.82, 2.24) is 25.1 Å². The van der Waals surface area contributed by atoms with Crippen molar-refractivity contribution in [2.45, 2.75) is 19.8 Å². The molecule has 2 aromatic heterocycles. The van der Waals surface area contributed by atoms with Crippen LogP contribution in [-0.2, 0) is 9.53 Å². The molecule has 0 unspecified atom stereocenters. The van der Waals surface area contributed by atoms with Gasteiger partial charge < -0.3 is 19.4 Å². The van der Waals surface area contributed by atoms with Crippen LogP contribution < -0.4 is 9.80 Å². The van der Waals surface area contributed by atoms with Crippen LogP contribution in [0.5, 0.6) is 0 Å². The third-order valence-electron chi connectivity index (χ3n) is 8.02. The van der Waals surface area contributed by atoms with Gasteiger partial charge in [0.2, 0.25) is 11.9 Å². The first-order valence-electron chi connectivity index (χ1n) is 12.8. The number of benzene rings is 1. The highest BCUT2D eigenvalue weighted by molar-refractivity contribution is 5.97. The summed E-state index contributed by atoms with van der Waals surface area (Å²) in [5.41, 5.74) is 4.12. The number of amides is 1. The molecule has 0 aliphatic carbocycles. The molecule has 3 fully saturated rings. The first-order chi connectivity index (χ1) is 18.0. The van der Waals surface area contributed by atoms with Gasteiger partial charge in [-0.2, -0.15) is 15.3 Å². The van der Waals surface area contributed by atoms with Gasteiger partial charge in [0.1, 0.15) is 11.6 Å². The topological polar surface area (TPSA) is 114 Å². The normalized spacial score (nSPS) is 19.1. The fraction of sp³-hybridized carbons (Fsp3) is 0.444. The maximum atomic E-state index is 12.0. The van der Waals surface area contributed by atoms with Crippen molar-refractivity contribution in [3.05, 3.63) is 42.1 Å². The quantitative estimate of drug-likeness (QED) is 0.546. The predicted octanol–water partition coefficient (Wildman–Crippen LogP) is 2.65. The Kier molecular flexibility index (Phi) is 5.80. The van der Waals surface area contributed by atoms with Gasteiger partial charge in [-0.25, -0.2) is 4.98 Å². The number of anilines is 2. The highest BCUT2D eigenvalue weighted by Crippen LogP contribution is 2.43. The smallest absolute Gasteiger partial charge is 0.245 e. The number of likely N-dealkylation sites (tertiary alicyclic amines) is 1. The lowest BCUT2D eigenvalue weighted by Crippen LogP contribution is -2.61. The summed E-state index contributed by atoms with van der Waals surface area (Å²) in [5, 5.41) is 18.6. The minimum atomic E-state index is -0.000733. The molecule has 1 spiro atoms. The molecule has 5 heterocycles. The molecule has 10 nitrogen and oxygen atoms in total. The summed E-state index contributed by atoms with van der Waals surface area (Å²) >= 11 is 0. The summed E-state index contributed by atoms with van der Waals surface area (Å²) in [6.45, 7) is 11.4. The predicted molar refractivity (Wildman–Crippen MR) is 140 cm³/mol. The van der Waals surface area contributed by atoms with E-state index in [-0.39, 0.29) is 11.3 Å². The second kappa shape index (κ2) is 9.16. The van der Waals surface area contributed by atoms with Crippen LogP contribution in [0.3, 0.4) is 0 Å². The Balaban J connectivity index is 1.40. The van der Waals surface area contributed by atoms with Gasteiger partial charge in [0.05, 0.1) is 30.6 Å². The van der Waals surface area contributed by atoms with Crippen molar-refractivity contribution in [2.75, 3.05) is 62.3 Å².